The van der Waals surface area contributed by atoms with Gasteiger partial charge in [0.2, 0.25) is 0 Å². The van der Waals surface area contributed by atoms with Gasteiger partial charge in [0.05, 0.1) is 18.8 Å². The highest BCUT2D eigenvalue weighted by Crippen LogP contribution is 2.18. The minimum absolute atomic E-state index is 0. The fourth-order valence-corrected chi connectivity index (χ4v) is 2.31. The molecule has 0 radical (unpaired) electrons. The second kappa shape index (κ2) is 13.6. The van der Waals surface area contributed by atoms with E-state index in [1.807, 2.05) is 53.9 Å². The van der Waals surface area contributed by atoms with Crippen LogP contribution in [0, 0.1) is 0 Å². The number of carbonyl (C=O) groups excluding carboxylic acids is 1. The van der Waals surface area contributed by atoms with Crippen molar-refractivity contribution in [1.82, 2.24) is 20.9 Å². The van der Waals surface area contributed by atoms with Gasteiger partial charge in [-0.3, -0.25) is 9.89 Å². The number of aliphatic imine (C=N–C) groups is 1. The molecule has 1 amide bonds. The lowest BCUT2D eigenvalue weighted by molar-refractivity contribution is 0.0527. The number of furan rings is 1. The van der Waals surface area contributed by atoms with E-state index in [4.69, 9.17) is 9.15 Å². The lowest BCUT2D eigenvalue weighted by atomic mass is 10.2. The fraction of sp³-hybridized carbons (Fsp3) is 0.684. The second-order valence-corrected chi connectivity index (χ2v) is 7.42. The number of rotatable bonds is 9. The summed E-state index contributed by atoms with van der Waals surface area (Å²) in [7, 11) is 4.01. The smallest absolute Gasteiger partial charge is 0.407 e. The van der Waals surface area contributed by atoms with Crippen LogP contribution in [0.25, 0.3) is 0 Å². The van der Waals surface area contributed by atoms with Crippen LogP contribution < -0.4 is 16.0 Å². The molecule has 1 unspecified atom stereocenters. The van der Waals surface area contributed by atoms with Crippen LogP contribution in [0.4, 0.5) is 4.79 Å². The van der Waals surface area contributed by atoms with Crippen molar-refractivity contribution < 1.29 is 13.9 Å². The molecule has 0 aliphatic carbocycles. The zero-order chi connectivity index (χ0) is 20.3. The van der Waals surface area contributed by atoms with Crippen LogP contribution in [0.1, 0.15) is 45.9 Å². The molecule has 0 saturated heterocycles. The summed E-state index contributed by atoms with van der Waals surface area (Å²) < 4.78 is 10.7. The molecule has 0 bridgehead atoms. The first-order chi connectivity index (χ1) is 12.7. The average molecular weight is 509 g/mol. The summed E-state index contributed by atoms with van der Waals surface area (Å²) in [4.78, 5) is 18.3. The Morgan fingerprint density at radius 2 is 1.93 bits per heavy atom. The molecule has 1 atom stereocenters. The Morgan fingerprint density at radius 3 is 2.46 bits per heavy atom. The Labute approximate surface area is 185 Å². The van der Waals surface area contributed by atoms with Crippen LogP contribution in [-0.2, 0) is 4.74 Å². The normalized spacial score (nSPS) is 12.9. The van der Waals surface area contributed by atoms with E-state index in [9.17, 15) is 4.79 Å². The zero-order valence-corrected chi connectivity index (χ0v) is 20.2. The first kappa shape index (κ1) is 26.5. The van der Waals surface area contributed by atoms with Gasteiger partial charge in [-0.05, 0) is 60.3 Å². The second-order valence-electron chi connectivity index (χ2n) is 7.42. The van der Waals surface area contributed by atoms with E-state index in [-0.39, 0.29) is 30.0 Å². The van der Waals surface area contributed by atoms with Crippen LogP contribution in [0.3, 0.4) is 0 Å². The molecule has 28 heavy (non-hydrogen) atoms. The summed E-state index contributed by atoms with van der Waals surface area (Å²) in [6, 6.07) is 3.92. The summed E-state index contributed by atoms with van der Waals surface area (Å²) in [6.07, 6.45) is 2.05. The quantitative estimate of drug-likeness (QED) is 0.205. The summed E-state index contributed by atoms with van der Waals surface area (Å²) in [5.41, 5.74) is -0.482. The highest BCUT2D eigenvalue weighted by Gasteiger charge is 2.17. The maximum absolute atomic E-state index is 11.6. The summed E-state index contributed by atoms with van der Waals surface area (Å²) >= 11 is 0. The number of nitrogens with one attached hydrogen (secondary N) is 3. The molecule has 3 N–H and O–H groups in total. The highest BCUT2D eigenvalue weighted by atomic mass is 127. The van der Waals surface area contributed by atoms with Crippen LogP contribution in [0.5, 0.6) is 0 Å². The topological polar surface area (TPSA) is 91.1 Å². The Kier molecular flexibility index (Phi) is 12.9. The minimum Gasteiger partial charge on any atom is -0.468 e. The van der Waals surface area contributed by atoms with E-state index in [1.54, 1.807) is 6.26 Å². The van der Waals surface area contributed by atoms with Gasteiger partial charge in [-0.25, -0.2) is 4.79 Å². The van der Waals surface area contributed by atoms with Crippen molar-refractivity contribution in [2.75, 3.05) is 40.3 Å². The lowest BCUT2D eigenvalue weighted by Crippen LogP contribution is -2.40. The molecule has 0 aromatic carbocycles. The Bertz CT molecular complexity index is 571. The maximum atomic E-state index is 11.6. The molecule has 1 aromatic heterocycles. The molecule has 1 heterocycles. The third kappa shape index (κ3) is 11.4. The van der Waals surface area contributed by atoms with Gasteiger partial charge in [-0.15, -0.1) is 24.0 Å². The third-order valence-electron chi connectivity index (χ3n) is 3.58. The van der Waals surface area contributed by atoms with Crippen LogP contribution in [0.15, 0.2) is 27.8 Å². The number of alkyl carbamates (subject to hydrolysis) is 1. The van der Waals surface area contributed by atoms with E-state index >= 15 is 0 Å². The van der Waals surface area contributed by atoms with Crippen LogP contribution >= 0.6 is 24.0 Å². The number of likely N-dealkylation sites (N-methyl/N-ethyl adjacent to an activating group) is 1. The molecule has 0 spiro atoms. The van der Waals surface area contributed by atoms with Gasteiger partial charge in [0.15, 0.2) is 5.96 Å². The van der Waals surface area contributed by atoms with Gasteiger partial charge in [0.25, 0.3) is 0 Å². The minimum atomic E-state index is -0.482. The predicted octanol–water partition coefficient (Wildman–Crippen LogP) is 2.97. The van der Waals surface area contributed by atoms with Crippen molar-refractivity contribution in [3.8, 4) is 0 Å². The number of nitrogens with zero attached hydrogens (tertiary/aromatic N) is 2. The van der Waals surface area contributed by atoms with E-state index in [0.29, 0.717) is 19.6 Å². The molecule has 1 aromatic rings. The van der Waals surface area contributed by atoms with Crippen molar-refractivity contribution in [1.29, 1.82) is 0 Å². The highest BCUT2D eigenvalue weighted by molar-refractivity contribution is 14.0. The predicted molar refractivity (Wildman–Crippen MR) is 123 cm³/mol. The Morgan fingerprint density at radius 1 is 1.25 bits per heavy atom. The molecule has 8 nitrogen and oxygen atoms in total. The largest absolute Gasteiger partial charge is 0.468 e. The van der Waals surface area contributed by atoms with Gasteiger partial charge in [-0.2, -0.15) is 0 Å². The molecule has 1 rings (SSSR count). The van der Waals surface area contributed by atoms with Gasteiger partial charge < -0.3 is 25.1 Å². The van der Waals surface area contributed by atoms with Crippen molar-refractivity contribution >= 4 is 36.0 Å². The number of carbonyl (C=O) groups is 1. The van der Waals surface area contributed by atoms with Gasteiger partial charge in [0.1, 0.15) is 11.4 Å². The number of guanidine groups is 1. The number of hydrogen-bond acceptors (Lipinski definition) is 5. The average Bonchev–Trinajstić information content (AvgIpc) is 3.06. The Balaban J connectivity index is 0.00000729. The maximum Gasteiger partial charge on any atom is 0.407 e. The third-order valence-corrected chi connectivity index (χ3v) is 3.58. The number of ether oxygens (including phenoxy) is 1. The fourth-order valence-electron chi connectivity index (χ4n) is 2.31. The number of halogens is 1. The molecule has 0 aliphatic rings. The van der Waals surface area contributed by atoms with Crippen molar-refractivity contribution in [3.05, 3.63) is 24.2 Å². The Hall–Kier alpha value is -1.49. The van der Waals surface area contributed by atoms with Gasteiger partial charge in [-0.1, -0.05) is 0 Å². The van der Waals surface area contributed by atoms with E-state index in [1.165, 1.54) is 0 Å². The van der Waals surface area contributed by atoms with Gasteiger partial charge >= 0.3 is 6.09 Å². The van der Waals surface area contributed by atoms with Crippen LogP contribution in [0.2, 0.25) is 0 Å². The number of amides is 1. The first-order valence-corrected chi connectivity index (χ1v) is 9.41. The summed E-state index contributed by atoms with van der Waals surface area (Å²) in [5.74, 6) is 1.63. The lowest BCUT2D eigenvalue weighted by Gasteiger charge is -2.21. The molecule has 0 aliphatic heterocycles. The molecule has 0 saturated carbocycles. The monoisotopic (exact) mass is 509 g/mol. The van der Waals surface area contributed by atoms with Crippen LogP contribution in [-0.4, -0.2) is 62.8 Å². The van der Waals surface area contributed by atoms with E-state index < -0.39 is 11.7 Å². The molecular formula is C19H36IN5O3. The van der Waals surface area contributed by atoms with Crippen molar-refractivity contribution in [2.24, 2.45) is 4.99 Å². The standard InChI is InChI=1S/C19H35N5O3.HI/c1-7-20-17(21-11-9-12-22-18(25)27-19(2,3)4)23-14-15(24(5)6)16-10-8-13-26-16;/h8,10,13,15H,7,9,11-12,14H2,1-6H3,(H,22,25)(H2,20,21,23);1H. The van der Waals surface area contributed by atoms with E-state index in [2.05, 4.69) is 25.8 Å². The summed E-state index contributed by atoms with van der Waals surface area (Å²) in [5, 5.41) is 9.26. The van der Waals surface area contributed by atoms with E-state index in [0.717, 1.165) is 24.7 Å². The first-order valence-electron chi connectivity index (χ1n) is 9.41. The zero-order valence-electron chi connectivity index (χ0n) is 17.9. The molecule has 9 heteroatoms. The summed E-state index contributed by atoms with van der Waals surface area (Å²) in [6.45, 7) is 10.1. The van der Waals surface area contributed by atoms with Gasteiger partial charge in [0, 0.05) is 19.6 Å². The molecule has 0 fully saturated rings. The SMILES string of the molecule is CCNC(=NCC(c1ccco1)N(C)C)NCCCNC(=O)OC(C)(C)C.I. The van der Waals surface area contributed by atoms with Crippen molar-refractivity contribution in [2.45, 2.75) is 45.8 Å². The molecule has 162 valence electrons. The van der Waals surface area contributed by atoms with Crippen molar-refractivity contribution in [3.63, 3.8) is 0 Å². The number of hydrogen-bond donors (Lipinski definition) is 3. The molecular weight excluding hydrogens is 473 g/mol.